The van der Waals surface area contributed by atoms with E-state index in [9.17, 15) is 14.7 Å². The molecule has 2 aliphatic rings. The molecule has 35 heavy (non-hydrogen) atoms. The first-order valence-electron chi connectivity index (χ1n) is 11.6. The molecule has 1 saturated carbocycles. The lowest BCUT2D eigenvalue weighted by Crippen LogP contribution is -2.37. The third-order valence-electron chi connectivity index (χ3n) is 6.98. The minimum Gasteiger partial charge on any atom is -0.496 e. The van der Waals surface area contributed by atoms with Crippen molar-refractivity contribution >= 4 is 35.1 Å². The Hall–Kier alpha value is -3.02. The highest BCUT2D eigenvalue weighted by molar-refractivity contribution is 6.31. The van der Waals surface area contributed by atoms with Crippen LogP contribution in [0.2, 0.25) is 10.0 Å². The minimum absolute atomic E-state index is 0.0196. The third-order valence-corrected chi connectivity index (χ3v) is 7.59. The molecule has 3 aromatic carbocycles. The summed E-state index contributed by atoms with van der Waals surface area (Å²) in [5.74, 6) is 0.127. The molecule has 3 aromatic rings. The summed E-state index contributed by atoms with van der Waals surface area (Å²) in [6, 6.07) is 17.0. The van der Waals surface area contributed by atoms with Crippen LogP contribution in [0.3, 0.4) is 0 Å². The van der Waals surface area contributed by atoms with Gasteiger partial charge in [0, 0.05) is 34.6 Å². The zero-order chi connectivity index (χ0) is 24.7. The summed E-state index contributed by atoms with van der Waals surface area (Å²) in [5, 5.41) is 10.6. The normalized spacial score (nSPS) is 18.7. The first kappa shape index (κ1) is 23.7. The predicted molar refractivity (Wildman–Crippen MR) is 136 cm³/mol. The van der Waals surface area contributed by atoms with Crippen LogP contribution in [-0.2, 0) is 29.0 Å². The predicted octanol–water partition coefficient (Wildman–Crippen LogP) is 5.98. The van der Waals surface area contributed by atoms with E-state index < -0.39 is 5.97 Å². The Morgan fingerprint density at radius 1 is 1.03 bits per heavy atom. The maximum atomic E-state index is 13.4. The number of hydrogen-bond donors (Lipinski definition) is 1. The first-order valence-corrected chi connectivity index (χ1v) is 12.3. The lowest BCUT2D eigenvalue weighted by molar-refractivity contribution is -0.136. The van der Waals surface area contributed by atoms with Crippen molar-refractivity contribution in [1.82, 2.24) is 4.90 Å². The molecule has 0 bridgehead atoms. The van der Waals surface area contributed by atoms with Crippen LogP contribution in [0.1, 0.15) is 34.6 Å². The minimum atomic E-state index is -0.893. The maximum Gasteiger partial charge on any atom is 0.307 e. The molecule has 0 unspecified atom stereocenters. The monoisotopic (exact) mass is 509 g/mol. The van der Waals surface area contributed by atoms with Crippen LogP contribution in [-0.4, -0.2) is 35.5 Å². The topological polar surface area (TPSA) is 66.8 Å². The van der Waals surface area contributed by atoms with Gasteiger partial charge in [-0.15, -0.1) is 0 Å². The zero-order valence-electron chi connectivity index (χ0n) is 19.3. The van der Waals surface area contributed by atoms with Crippen molar-refractivity contribution in [3.8, 4) is 16.9 Å². The van der Waals surface area contributed by atoms with Crippen molar-refractivity contribution < 1.29 is 19.4 Å². The largest absolute Gasteiger partial charge is 0.496 e. The molecule has 1 amide bonds. The fourth-order valence-corrected chi connectivity index (χ4v) is 5.50. The molecule has 0 aromatic heterocycles. The van der Waals surface area contributed by atoms with Crippen LogP contribution in [0.25, 0.3) is 11.1 Å². The van der Waals surface area contributed by atoms with Gasteiger partial charge in [-0.1, -0.05) is 47.5 Å². The van der Waals surface area contributed by atoms with Gasteiger partial charge in [-0.25, -0.2) is 0 Å². The van der Waals surface area contributed by atoms with Gasteiger partial charge in [-0.2, -0.15) is 0 Å². The molecule has 0 radical (unpaired) electrons. The number of rotatable bonds is 6. The molecule has 1 N–H and O–H groups in total. The van der Waals surface area contributed by atoms with Gasteiger partial charge >= 0.3 is 5.97 Å². The second-order valence-electron chi connectivity index (χ2n) is 9.17. The summed E-state index contributed by atoms with van der Waals surface area (Å²) in [5.41, 5.74) is 5.57. The molecule has 0 saturated heterocycles. The van der Waals surface area contributed by atoms with Crippen molar-refractivity contribution in [3.05, 3.63) is 86.9 Å². The fraction of sp³-hybridized carbons (Fsp3) is 0.286. The second kappa shape index (κ2) is 9.56. The number of fused-ring (bicyclic) bond motifs is 1. The third kappa shape index (κ3) is 4.75. The average molecular weight is 510 g/mol. The van der Waals surface area contributed by atoms with Crippen LogP contribution in [0.5, 0.6) is 5.75 Å². The Morgan fingerprint density at radius 2 is 1.80 bits per heavy atom. The first-order chi connectivity index (χ1) is 16.9. The number of methoxy groups -OCH3 is 1. The van der Waals surface area contributed by atoms with Gasteiger partial charge in [0.1, 0.15) is 5.75 Å². The standard InChI is InChI=1S/C28H25Cl2NO4/c1-35-26-9-2-16(13-27(32)33)12-22(26)19-7-8-25(30)20-10-11-31(15-24(19)20)28(34)23-14-21(23)17-3-5-18(29)6-4-17/h2-9,12,21,23H,10-11,13-15H2,1H3,(H,32,33)/t21-,23+/m0/s1. The lowest BCUT2D eigenvalue weighted by atomic mass is 9.89. The van der Waals surface area contributed by atoms with Gasteiger partial charge in [0.2, 0.25) is 5.91 Å². The van der Waals surface area contributed by atoms with E-state index in [1.54, 1.807) is 19.2 Å². The number of carboxylic acid groups (broad SMARTS) is 1. The molecular formula is C28H25Cl2NO4. The van der Waals surface area contributed by atoms with Crippen molar-refractivity contribution in [2.45, 2.75) is 31.7 Å². The van der Waals surface area contributed by atoms with Crippen LogP contribution in [0, 0.1) is 5.92 Å². The SMILES string of the molecule is COc1ccc(CC(=O)O)cc1-c1ccc(Cl)c2c1CN(C(=O)[C@@H]1C[C@H]1c1ccc(Cl)cc1)CC2. The highest BCUT2D eigenvalue weighted by Gasteiger charge is 2.46. The number of aliphatic carboxylic acids is 1. The summed E-state index contributed by atoms with van der Waals surface area (Å²) in [6.45, 7) is 1.08. The smallest absolute Gasteiger partial charge is 0.307 e. The Bertz CT molecular complexity index is 1310. The number of carbonyl (C=O) groups is 2. The van der Waals surface area contributed by atoms with Crippen LogP contribution in [0.15, 0.2) is 54.6 Å². The Morgan fingerprint density at radius 3 is 2.51 bits per heavy atom. The Kier molecular flexibility index (Phi) is 6.47. The van der Waals surface area contributed by atoms with E-state index in [0.717, 1.165) is 34.2 Å². The molecule has 5 rings (SSSR count). The van der Waals surface area contributed by atoms with Gasteiger partial charge in [0.25, 0.3) is 0 Å². The quantitative estimate of drug-likeness (QED) is 0.443. The highest BCUT2D eigenvalue weighted by Crippen LogP contribution is 2.49. The number of ether oxygens (including phenoxy) is 1. The number of hydrogen-bond acceptors (Lipinski definition) is 3. The summed E-state index contributed by atoms with van der Waals surface area (Å²) in [7, 11) is 1.60. The van der Waals surface area contributed by atoms with E-state index in [0.29, 0.717) is 40.9 Å². The molecule has 1 fully saturated rings. The molecule has 5 nitrogen and oxygen atoms in total. The van der Waals surface area contributed by atoms with Crippen LogP contribution < -0.4 is 4.74 Å². The van der Waals surface area contributed by atoms with Crippen LogP contribution >= 0.6 is 23.2 Å². The number of halogens is 2. The summed E-state index contributed by atoms with van der Waals surface area (Å²) < 4.78 is 5.60. The summed E-state index contributed by atoms with van der Waals surface area (Å²) in [4.78, 5) is 26.6. The number of amides is 1. The number of carboxylic acids is 1. The van der Waals surface area contributed by atoms with Gasteiger partial charge in [-0.05, 0) is 76.9 Å². The van der Waals surface area contributed by atoms with E-state index >= 15 is 0 Å². The molecule has 180 valence electrons. The van der Waals surface area contributed by atoms with E-state index in [4.69, 9.17) is 27.9 Å². The molecular weight excluding hydrogens is 485 g/mol. The molecule has 0 spiro atoms. The number of benzene rings is 3. The van der Waals surface area contributed by atoms with Crippen molar-refractivity contribution in [1.29, 1.82) is 0 Å². The molecule has 1 aliphatic heterocycles. The van der Waals surface area contributed by atoms with Gasteiger partial charge in [0.15, 0.2) is 0 Å². The second-order valence-corrected chi connectivity index (χ2v) is 10.0. The average Bonchev–Trinajstić information content (AvgIpc) is 3.65. The van der Waals surface area contributed by atoms with Crippen molar-refractivity contribution in [3.63, 3.8) is 0 Å². The number of carbonyl (C=O) groups excluding carboxylic acids is 1. The van der Waals surface area contributed by atoms with Gasteiger partial charge in [0.05, 0.1) is 13.5 Å². The van der Waals surface area contributed by atoms with Gasteiger partial charge in [-0.3, -0.25) is 9.59 Å². The van der Waals surface area contributed by atoms with E-state index in [1.165, 1.54) is 0 Å². The van der Waals surface area contributed by atoms with E-state index in [1.807, 2.05) is 47.4 Å². The highest BCUT2D eigenvalue weighted by atomic mass is 35.5. The zero-order valence-corrected chi connectivity index (χ0v) is 20.8. The van der Waals surface area contributed by atoms with Crippen molar-refractivity contribution in [2.75, 3.05) is 13.7 Å². The Labute approximate surface area is 214 Å². The van der Waals surface area contributed by atoms with Gasteiger partial charge < -0.3 is 14.7 Å². The summed E-state index contributed by atoms with van der Waals surface area (Å²) in [6.07, 6.45) is 1.44. The Balaban J connectivity index is 1.44. The lowest BCUT2D eigenvalue weighted by Gasteiger charge is -2.31. The molecule has 1 aliphatic carbocycles. The number of nitrogens with zero attached hydrogens (tertiary/aromatic N) is 1. The fourth-order valence-electron chi connectivity index (χ4n) is 5.10. The summed E-state index contributed by atoms with van der Waals surface area (Å²) >= 11 is 12.6. The van der Waals surface area contributed by atoms with E-state index in [2.05, 4.69) is 0 Å². The van der Waals surface area contributed by atoms with Crippen LogP contribution in [0.4, 0.5) is 0 Å². The maximum absolute atomic E-state index is 13.4. The van der Waals surface area contributed by atoms with E-state index in [-0.39, 0.29) is 24.2 Å². The molecule has 2 atom stereocenters. The molecule has 1 heterocycles. The van der Waals surface area contributed by atoms with Crippen molar-refractivity contribution in [2.24, 2.45) is 5.92 Å². The molecule has 7 heteroatoms.